The SMILES string of the molecule is CCc1cc2ccccc2n1-c1ccccc1-c1c2ccccc2c(-c2ccccc2)c2ccccc12. The highest BCUT2D eigenvalue weighted by Gasteiger charge is 2.20. The van der Waals surface area contributed by atoms with Crippen molar-refractivity contribution < 1.29 is 0 Å². The number of aromatic nitrogens is 1. The second-order valence-corrected chi connectivity index (χ2v) is 9.61. The maximum absolute atomic E-state index is 2.46. The molecule has 7 rings (SSSR count). The Bertz CT molecular complexity index is 1850. The van der Waals surface area contributed by atoms with Crippen LogP contribution in [0.3, 0.4) is 0 Å². The third-order valence-corrected chi connectivity index (χ3v) is 7.56. The molecule has 1 heterocycles. The van der Waals surface area contributed by atoms with E-state index in [-0.39, 0.29) is 0 Å². The highest BCUT2D eigenvalue weighted by Crippen LogP contribution is 2.45. The number of rotatable bonds is 4. The Kier molecular flexibility index (Phi) is 5.15. The molecule has 1 nitrogen and oxygen atoms in total. The smallest absolute Gasteiger partial charge is 0.0537 e. The quantitative estimate of drug-likeness (QED) is 0.224. The zero-order valence-corrected chi connectivity index (χ0v) is 20.9. The predicted octanol–water partition coefficient (Wildman–Crippen LogP) is 9.83. The summed E-state index contributed by atoms with van der Waals surface area (Å²) in [6, 6.07) is 48.5. The first-order valence-corrected chi connectivity index (χ1v) is 13.0. The lowest BCUT2D eigenvalue weighted by atomic mass is 9.85. The van der Waals surface area contributed by atoms with Gasteiger partial charge in [0.25, 0.3) is 0 Å². The average Bonchev–Trinajstić information content (AvgIpc) is 3.35. The summed E-state index contributed by atoms with van der Waals surface area (Å²) in [6.07, 6.45) is 0.970. The minimum Gasteiger partial charge on any atom is -0.313 e. The number of fused-ring (bicyclic) bond motifs is 3. The number of hydrogen-bond donors (Lipinski definition) is 0. The van der Waals surface area contributed by atoms with E-state index in [0.717, 1.165) is 6.42 Å². The molecule has 7 aromatic rings. The molecule has 0 aliphatic carbocycles. The van der Waals surface area contributed by atoms with Gasteiger partial charge in [-0.25, -0.2) is 0 Å². The summed E-state index contributed by atoms with van der Waals surface area (Å²) in [5, 5.41) is 6.41. The normalized spacial score (nSPS) is 11.5. The van der Waals surface area contributed by atoms with Crippen molar-refractivity contribution in [1.82, 2.24) is 4.57 Å². The summed E-state index contributed by atoms with van der Waals surface area (Å²) in [7, 11) is 0. The van der Waals surface area contributed by atoms with Crippen molar-refractivity contribution in [2.45, 2.75) is 13.3 Å². The van der Waals surface area contributed by atoms with Crippen LogP contribution in [0.4, 0.5) is 0 Å². The molecule has 0 bridgehead atoms. The number of nitrogens with zero attached hydrogens (tertiary/aromatic N) is 1. The first-order valence-electron chi connectivity index (χ1n) is 13.0. The van der Waals surface area contributed by atoms with Crippen LogP contribution in [0.1, 0.15) is 12.6 Å². The Hall–Kier alpha value is -4.62. The van der Waals surface area contributed by atoms with Gasteiger partial charge < -0.3 is 4.57 Å². The molecule has 0 amide bonds. The zero-order valence-electron chi connectivity index (χ0n) is 20.9. The van der Waals surface area contributed by atoms with E-state index in [1.54, 1.807) is 0 Å². The van der Waals surface area contributed by atoms with Crippen LogP contribution >= 0.6 is 0 Å². The minimum absolute atomic E-state index is 0.970. The van der Waals surface area contributed by atoms with Crippen molar-refractivity contribution in [2.75, 3.05) is 0 Å². The van der Waals surface area contributed by atoms with Crippen LogP contribution in [-0.4, -0.2) is 4.57 Å². The van der Waals surface area contributed by atoms with Crippen LogP contribution in [0.25, 0.3) is 60.4 Å². The molecule has 0 aliphatic heterocycles. The van der Waals surface area contributed by atoms with Gasteiger partial charge >= 0.3 is 0 Å². The Balaban J connectivity index is 1.63. The lowest BCUT2D eigenvalue weighted by molar-refractivity contribution is 0.962. The van der Waals surface area contributed by atoms with Crippen LogP contribution in [0, 0.1) is 0 Å². The molecule has 0 N–H and O–H groups in total. The van der Waals surface area contributed by atoms with Gasteiger partial charge in [0.2, 0.25) is 0 Å². The van der Waals surface area contributed by atoms with Gasteiger partial charge in [0.05, 0.1) is 11.2 Å². The minimum atomic E-state index is 0.970. The van der Waals surface area contributed by atoms with Gasteiger partial charge in [-0.05, 0) is 62.9 Å². The van der Waals surface area contributed by atoms with E-state index < -0.39 is 0 Å². The van der Waals surface area contributed by atoms with Gasteiger partial charge in [-0.15, -0.1) is 0 Å². The molecule has 37 heavy (non-hydrogen) atoms. The lowest BCUT2D eigenvalue weighted by Gasteiger charge is -2.21. The second kappa shape index (κ2) is 8.80. The van der Waals surface area contributed by atoms with Crippen molar-refractivity contribution in [1.29, 1.82) is 0 Å². The molecular weight excluding hydrogens is 446 g/mol. The number of benzene rings is 6. The Morgan fingerprint density at radius 2 is 1.05 bits per heavy atom. The van der Waals surface area contributed by atoms with E-state index in [0.29, 0.717) is 0 Å². The topological polar surface area (TPSA) is 4.93 Å². The first-order chi connectivity index (χ1) is 18.3. The highest BCUT2D eigenvalue weighted by atomic mass is 15.0. The van der Waals surface area contributed by atoms with Gasteiger partial charge in [0.15, 0.2) is 0 Å². The Morgan fingerprint density at radius 1 is 0.514 bits per heavy atom. The fraction of sp³-hybridized carbons (Fsp3) is 0.0556. The molecule has 176 valence electrons. The van der Waals surface area contributed by atoms with Crippen molar-refractivity contribution in [2.24, 2.45) is 0 Å². The summed E-state index contributed by atoms with van der Waals surface area (Å²) in [6.45, 7) is 2.24. The van der Waals surface area contributed by atoms with Crippen LogP contribution in [-0.2, 0) is 6.42 Å². The number of para-hydroxylation sites is 2. The van der Waals surface area contributed by atoms with E-state index in [1.807, 2.05) is 0 Å². The van der Waals surface area contributed by atoms with Crippen molar-refractivity contribution in [3.63, 3.8) is 0 Å². The summed E-state index contributed by atoms with van der Waals surface area (Å²) in [5.41, 5.74) is 8.90. The van der Waals surface area contributed by atoms with Crippen molar-refractivity contribution in [3.8, 4) is 27.9 Å². The first kappa shape index (κ1) is 21.6. The van der Waals surface area contributed by atoms with E-state index in [9.17, 15) is 0 Å². The molecule has 1 aromatic heterocycles. The second-order valence-electron chi connectivity index (χ2n) is 9.61. The zero-order chi connectivity index (χ0) is 24.8. The van der Waals surface area contributed by atoms with Crippen molar-refractivity contribution in [3.05, 3.63) is 139 Å². The highest BCUT2D eigenvalue weighted by molar-refractivity contribution is 6.22. The number of aryl methyl sites for hydroxylation is 1. The molecule has 0 spiro atoms. The molecule has 0 fully saturated rings. The van der Waals surface area contributed by atoms with E-state index >= 15 is 0 Å². The third kappa shape index (κ3) is 3.39. The summed E-state index contributed by atoms with van der Waals surface area (Å²) < 4.78 is 2.46. The van der Waals surface area contributed by atoms with Gasteiger partial charge in [-0.1, -0.05) is 122 Å². The summed E-state index contributed by atoms with van der Waals surface area (Å²) >= 11 is 0. The Labute approximate surface area is 217 Å². The molecule has 1 heteroatoms. The molecular formula is C36H27N. The molecule has 0 aliphatic rings. The fourth-order valence-corrected chi connectivity index (χ4v) is 5.97. The lowest BCUT2D eigenvalue weighted by Crippen LogP contribution is -2.02. The molecule has 0 saturated heterocycles. The molecule has 0 saturated carbocycles. The summed E-state index contributed by atoms with van der Waals surface area (Å²) in [5.74, 6) is 0. The predicted molar refractivity (Wildman–Crippen MR) is 159 cm³/mol. The van der Waals surface area contributed by atoms with Gasteiger partial charge in [0.1, 0.15) is 0 Å². The monoisotopic (exact) mass is 473 g/mol. The van der Waals surface area contributed by atoms with Crippen LogP contribution in [0.5, 0.6) is 0 Å². The summed E-state index contributed by atoms with van der Waals surface area (Å²) in [4.78, 5) is 0. The largest absolute Gasteiger partial charge is 0.313 e. The van der Waals surface area contributed by atoms with Crippen LogP contribution in [0.2, 0.25) is 0 Å². The van der Waals surface area contributed by atoms with E-state index in [4.69, 9.17) is 0 Å². The molecule has 6 aromatic carbocycles. The van der Waals surface area contributed by atoms with E-state index in [1.165, 1.54) is 66.1 Å². The standard InChI is InChI=1S/C36H27N/c1-2-27-24-26-16-6-12-22-33(26)37(27)34-23-13-11-21-32(34)36-30-19-9-7-17-28(30)35(25-14-4-3-5-15-25)29-18-8-10-20-31(29)36/h3-24H,2H2,1H3. The molecule has 0 unspecified atom stereocenters. The van der Waals surface area contributed by atoms with Gasteiger partial charge in [0, 0.05) is 16.6 Å². The van der Waals surface area contributed by atoms with Gasteiger partial charge in [-0.3, -0.25) is 0 Å². The Morgan fingerprint density at radius 3 is 1.73 bits per heavy atom. The van der Waals surface area contributed by atoms with Crippen LogP contribution < -0.4 is 0 Å². The molecule has 0 radical (unpaired) electrons. The number of hydrogen-bond acceptors (Lipinski definition) is 0. The van der Waals surface area contributed by atoms with Crippen molar-refractivity contribution >= 4 is 32.4 Å². The maximum Gasteiger partial charge on any atom is 0.0537 e. The fourth-order valence-electron chi connectivity index (χ4n) is 5.97. The van der Waals surface area contributed by atoms with Gasteiger partial charge in [-0.2, -0.15) is 0 Å². The van der Waals surface area contributed by atoms with Crippen LogP contribution in [0.15, 0.2) is 133 Å². The van der Waals surface area contributed by atoms with E-state index in [2.05, 4.69) is 145 Å². The third-order valence-electron chi connectivity index (χ3n) is 7.56. The maximum atomic E-state index is 2.46. The molecule has 0 atom stereocenters. The average molecular weight is 474 g/mol.